The third-order valence-electron chi connectivity index (χ3n) is 12.0. The van der Waals surface area contributed by atoms with Crippen molar-refractivity contribution in [3.05, 3.63) is 0 Å². The van der Waals surface area contributed by atoms with Crippen molar-refractivity contribution in [2.24, 2.45) is 5.41 Å². The fourth-order valence-corrected chi connectivity index (χ4v) is 7.94. The van der Waals surface area contributed by atoms with Crippen LogP contribution in [-0.4, -0.2) is 25.2 Å². The van der Waals surface area contributed by atoms with E-state index in [-0.39, 0.29) is 11.9 Å². The van der Waals surface area contributed by atoms with Gasteiger partial charge in [0.1, 0.15) is 0 Å². The molecule has 314 valence electrons. The molecule has 1 saturated carbocycles. The average molecular weight is 747 g/mol. The molecule has 0 aromatic carbocycles. The highest BCUT2D eigenvalue weighted by molar-refractivity contribution is 6.03. The molecule has 1 aliphatic carbocycles. The smallest absolute Gasteiger partial charge is 0.323 e. The third-order valence-corrected chi connectivity index (χ3v) is 12.0. The summed E-state index contributed by atoms with van der Waals surface area (Å²) in [5, 5.41) is 0. The van der Waals surface area contributed by atoms with E-state index >= 15 is 0 Å². The Morgan fingerprint density at radius 3 is 0.642 bits per heavy atom. The van der Waals surface area contributed by atoms with Gasteiger partial charge in [-0.3, -0.25) is 9.59 Å². The average Bonchev–Trinajstić information content (AvgIpc) is 3.98. The van der Waals surface area contributed by atoms with Gasteiger partial charge in [-0.05, 0) is 25.7 Å². The minimum absolute atomic E-state index is 0.344. The lowest BCUT2D eigenvalue weighted by atomic mass is 10.0. The molecule has 0 amide bonds. The summed E-state index contributed by atoms with van der Waals surface area (Å²) in [6.45, 7) is 5.46. The van der Waals surface area contributed by atoms with E-state index in [9.17, 15) is 9.59 Å². The number of unbranched alkanes of at least 4 members (excludes halogenated alkanes) is 38. The lowest BCUT2D eigenvalue weighted by Gasteiger charge is -2.14. The van der Waals surface area contributed by atoms with Crippen LogP contribution in [0.15, 0.2) is 0 Å². The Bertz CT molecular complexity index is 714. The van der Waals surface area contributed by atoms with Crippen LogP contribution in [0.4, 0.5) is 0 Å². The summed E-state index contributed by atoms with van der Waals surface area (Å²) < 4.78 is 11.1. The molecule has 53 heavy (non-hydrogen) atoms. The molecule has 0 aliphatic heterocycles. The van der Waals surface area contributed by atoms with E-state index in [0.29, 0.717) is 26.1 Å². The first kappa shape index (κ1) is 50.0. The van der Waals surface area contributed by atoms with Gasteiger partial charge in [0.25, 0.3) is 0 Å². The van der Waals surface area contributed by atoms with Gasteiger partial charge in [-0.25, -0.2) is 0 Å². The van der Waals surface area contributed by atoms with Gasteiger partial charge in [-0.2, -0.15) is 0 Å². The normalized spacial score (nSPS) is 13.4. The van der Waals surface area contributed by atoms with Gasteiger partial charge in [0.15, 0.2) is 5.41 Å². The van der Waals surface area contributed by atoms with Crippen LogP contribution in [0.5, 0.6) is 0 Å². The van der Waals surface area contributed by atoms with Crippen molar-refractivity contribution in [2.75, 3.05) is 13.2 Å². The second-order valence-corrected chi connectivity index (χ2v) is 17.3. The third kappa shape index (κ3) is 31.8. The van der Waals surface area contributed by atoms with Gasteiger partial charge in [-0.15, -0.1) is 0 Å². The highest BCUT2D eigenvalue weighted by atomic mass is 16.6. The summed E-state index contributed by atoms with van der Waals surface area (Å²) in [5.74, 6) is -0.687. The predicted molar refractivity (Wildman–Crippen MR) is 230 cm³/mol. The first-order valence-corrected chi connectivity index (χ1v) is 24.5. The van der Waals surface area contributed by atoms with Crippen LogP contribution < -0.4 is 0 Å². The molecule has 0 bridgehead atoms. The quantitative estimate of drug-likeness (QED) is 0.0354. The molecule has 0 spiro atoms. The molecular formula is C49H94O4. The summed E-state index contributed by atoms with van der Waals surface area (Å²) in [5.41, 5.74) is -0.985. The minimum atomic E-state index is -0.985. The van der Waals surface area contributed by atoms with Crippen molar-refractivity contribution >= 4 is 11.9 Å². The van der Waals surface area contributed by atoms with Crippen LogP contribution in [-0.2, 0) is 19.1 Å². The minimum Gasteiger partial charge on any atom is -0.465 e. The lowest BCUT2D eigenvalue weighted by Crippen LogP contribution is -2.30. The topological polar surface area (TPSA) is 52.6 Å². The molecule has 0 saturated heterocycles. The van der Waals surface area contributed by atoms with Gasteiger partial charge >= 0.3 is 11.9 Å². The number of hydrogen-bond acceptors (Lipinski definition) is 4. The molecule has 4 nitrogen and oxygen atoms in total. The molecule has 0 unspecified atom stereocenters. The molecule has 0 aromatic heterocycles. The van der Waals surface area contributed by atoms with Crippen molar-refractivity contribution in [1.29, 1.82) is 0 Å². The van der Waals surface area contributed by atoms with E-state index in [1.54, 1.807) is 0 Å². The van der Waals surface area contributed by atoms with Gasteiger partial charge in [0.05, 0.1) is 13.2 Å². The van der Waals surface area contributed by atoms with Gasteiger partial charge in [-0.1, -0.05) is 258 Å². The van der Waals surface area contributed by atoms with Gasteiger partial charge < -0.3 is 9.47 Å². The Labute approximate surface area is 332 Å². The van der Waals surface area contributed by atoms with Crippen LogP contribution >= 0.6 is 0 Å². The number of hydrogen-bond donors (Lipinski definition) is 0. The fraction of sp³-hybridized carbons (Fsp3) is 0.959. The first-order valence-electron chi connectivity index (χ1n) is 24.5. The monoisotopic (exact) mass is 747 g/mol. The largest absolute Gasteiger partial charge is 0.465 e. The standard InChI is InChI=1S/C49H94O4/c1-3-5-7-9-11-13-15-17-19-21-23-25-27-29-31-33-35-37-39-41-45-52-47(50)49(43-44-49)48(51)53-46-42-40-38-36-34-32-30-28-26-24-22-20-18-16-14-12-10-8-6-4-2/h3-46H2,1-2H3. The molecule has 1 aliphatic rings. The Morgan fingerprint density at radius 2 is 0.472 bits per heavy atom. The van der Waals surface area contributed by atoms with E-state index in [2.05, 4.69) is 13.8 Å². The highest BCUT2D eigenvalue weighted by Gasteiger charge is 2.59. The molecular weight excluding hydrogens is 653 g/mol. The van der Waals surface area contributed by atoms with Crippen LogP contribution in [0.3, 0.4) is 0 Å². The zero-order chi connectivity index (χ0) is 38.2. The number of carbonyl (C=O) groups is 2. The maximum Gasteiger partial charge on any atom is 0.323 e. The predicted octanol–water partition coefficient (Wildman–Crippen LogP) is 16.5. The van der Waals surface area contributed by atoms with E-state index < -0.39 is 5.41 Å². The van der Waals surface area contributed by atoms with Crippen molar-refractivity contribution in [2.45, 2.75) is 284 Å². The fourth-order valence-electron chi connectivity index (χ4n) is 7.94. The van der Waals surface area contributed by atoms with Crippen LogP contribution in [0.1, 0.15) is 284 Å². The van der Waals surface area contributed by atoms with Gasteiger partial charge in [0.2, 0.25) is 0 Å². The van der Waals surface area contributed by atoms with Crippen molar-refractivity contribution in [1.82, 2.24) is 0 Å². The van der Waals surface area contributed by atoms with E-state index in [1.807, 2.05) is 0 Å². The Kier molecular flexibility index (Phi) is 36.9. The Hall–Kier alpha value is -1.06. The highest BCUT2D eigenvalue weighted by Crippen LogP contribution is 2.48. The maximum atomic E-state index is 12.7. The zero-order valence-electron chi connectivity index (χ0n) is 36.2. The summed E-state index contributed by atoms with van der Waals surface area (Å²) in [7, 11) is 0. The number of rotatable bonds is 44. The maximum absolute atomic E-state index is 12.7. The number of esters is 2. The molecule has 1 rings (SSSR count). The van der Waals surface area contributed by atoms with Crippen LogP contribution in [0.25, 0.3) is 0 Å². The number of ether oxygens (including phenoxy) is 2. The SMILES string of the molecule is CCCCCCCCCCCCCCCCCCCCCCOC(=O)C1(C(=O)OCCCCCCCCCCCCCCCCCCCCCC)CC1. The number of carbonyl (C=O) groups excluding carboxylic acids is 2. The molecule has 4 heteroatoms. The summed E-state index contributed by atoms with van der Waals surface area (Å²) in [4.78, 5) is 25.3. The van der Waals surface area contributed by atoms with E-state index in [0.717, 1.165) is 25.7 Å². The Morgan fingerprint density at radius 1 is 0.302 bits per heavy atom. The van der Waals surface area contributed by atoms with Crippen molar-refractivity contribution in [3.63, 3.8) is 0 Å². The molecule has 0 N–H and O–H groups in total. The van der Waals surface area contributed by atoms with Crippen molar-refractivity contribution < 1.29 is 19.1 Å². The molecule has 0 atom stereocenters. The van der Waals surface area contributed by atoms with Crippen molar-refractivity contribution in [3.8, 4) is 0 Å². The molecule has 0 aromatic rings. The van der Waals surface area contributed by atoms with E-state index in [1.165, 1.54) is 231 Å². The summed E-state index contributed by atoms with van der Waals surface area (Å²) >= 11 is 0. The molecule has 0 heterocycles. The lowest BCUT2D eigenvalue weighted by molar-refractivity contribution is -0.164. The second-order valence-electron chi connectivity index (χ2n) is 17.3. The second kappa shape index (κ2) is 39.2. The Balaban J connectivity index is 1.80. The van der Waals surface area contributed by atoms with Crippen LogP contribution in [0.2, 0.25) is 0 Å². The summed E-state index contributed by atoms with van der Waals surface area (Å²) in [6, 6.07) is 0. The first-order chi connectivity index (χ1) is 26.2. The molecule has 0 radical (unpaired) electrons. The van der Waals surface area contributed by atoms with Gasteiger partial charge in [0, 0.05) is 0 Å². The molecule has 1 fully saturated rings. The zero-order valence-corrected chi connectivity index (χ0v) is 36.2. The van der Waals surface area contributed by atoms with Crippen LogP contribution in [0, 0.1) is 5.41 Å². The summed E-state index contributed by atoms with van der Waals surface area (Å²) in [6.07, 6.45) is 55.4. The van der Waals surface area contributed by atoms with E-state index in [4.69, 9.17) is 9.47 Å².